The van der Waals surface area contributed by atoms with Crippen LogP contribution in [0.25, 0.3) is 0 Å². The van der Waals surface area contributed by atoms with Crippen molar-refractivity contribution >= 4 is 17.5 Å². The lowest BCUT2D eigenvalue weighted by Crippen LogP contribution is -2.59. The van der Waals surface area contributed by atoms with Crippen LogP contribution in [-0.2, 0) is 16.0 Å². The highest BCUT2D eigenvalue weighted by Crippen LogP contribution is 2.25. The van der Waals surface area contributed by atoms with Gasteiger partial charge in [-0.2, -0.15) is 0 Å². The topological polar surface area (TPSA) is 60.9 Å². The molecule has 0 aliphatic carbocycles. The van der Waals surface area contributed by atoms with Gasteiger partial charge in [-0.05, 0) is 30.5 Å². The summed E-state index contributed by atoms with van der Waals surface area (Å²) in [6.45, 7) is 2.28. The summed E-state index contributed by atoms with van der Waals surface area (Å²) in [4.78, 5) is 28.6. The number of aryl methyl sites for hydroxylation is 1. The van der Waals surface area contributed by atoms with Crippen molar-refractivity contribution in [3.63, 3.8) is 0 Å². The fourth-order valence-corrected chi connectivity index (χ4v) is 3.46. The molecule has 1 fully saturated rings. The molecule has 2 aromatic carbocycles. The predicted octanol–water partition coefficient (Wildman–Crippen LogP) is 2.16. The van der Waals surface area contributed by atoms with Gasteiger partial charge in [0.25, 0.3) is 0 Å². The predicted molar refractivity (Wildman–Crippen MR) is 101 cm³/mol. The fraction of sp³-hybridized carbons (Fsp3) is 0.333. The molecule has 136 valence electrons. The highest BCUT2D eigenvalue weighted by atomic mass is 16.3. The molecule has 1 N–H and O–H groups in total. The molecular formula is C21H24N2O3. The summed E-state index contributed by atoms with van der Waals surface area (Å²) in [5.74, 6) is -0.263. The van der Waals surface area contributed by atoms with E-state index in [9.17, 15) is 9.59 Å². The standard InChI is InChI=1S/C21H24N2O3/c1-16-7-5-6-10-19(16)23-14-18(13-17-8-3-2-4-9-17)22(15-21(23)26)20(25)11-12-24/h2-10,18,24H,11-15H2,1H3. The molecule has 2 aromatic rings. The molecule has 5 heteroatoms. The number of carbonyl (C=O) groups excluding carboxylic acids is 2. The number of piperazine rings is 1. The molecule has 2 amide bonds. The van der Waals surface area contributed by atoms with Crippen LogP contribution in [0.4, 0.5) is 5.69 Å². The Hall–Kier alpha value is -2.66. The molecule has 1 unspecified atom stereocenters. The molecule has 1 saturated heterocycles. The van der Waals surface area contributed by atoms with E-state index in [2.05, 4.69) is 0 Å². The van der Waals surface area contributed by atoms with Crippen LogP contribution >= 0.6 is 0 Å². The largest absolute Gasteiger partial charge is 0.396 e. The zero-order valence-corrected chi connectivity index (χ0v) is 15.0. The zero-order chi connectivity index (χ0) is 18.5. The Kier molecular flexibility index (Phi) is 5.68. The smallest absolute Gasteiger partial charge is 0.246 e. The van der Waals surface area contributed by atoms with E-state index < -0.39 is 0 Å². The van der Waals surface area contributed by atoms with Crippen molar-refractivity contribution in [2.75, 3.05) is 24.6 Å². The van der Waals surface area contributed by atoms with E-state index in [1.165, 1.54) is 0 Å². The summed E-state index contributed by atoms with van der Waals surface area (Å²) in [5, 5.41) is 9.13. The van der Waals surface area contributed by atoms with Crippen molar-refractivity contribution in [1.82, 2.24) is 4.90 Å². The first kappa shape index (κ1) is 18.1. The van der Waals surface area contributed by atoms with Gasteiger partial charge in [0.15, 0.2) is 0 Å². The molecule has 0 radical (unpaired) electrons. The van der Waals surface area contributed by atoms with Gasteiger partial charge in [-0.15, -0.1) is 0 Å². The molecule has 0 bridgehead atoms. The number of hydrogen-bond donors (Lipinski definition) is 1. The van der Waals surface area contributed by atoms with Gasteiger partial charge in [0.05, 0.1) is 12.6 Å². The summed E-state index contributed by atoms with van der Waals surface area (Å²) in [6, 6.07) is 17.7. The Morgan fingerprint density at radius 1 is 1.12 bits per heavy atom. The maximum Gasteiger partial charge on any atom is 0.246 e. The summed E-state index contributed by atoms with van der Waals surface area (Å²) in [5.41, 5.74) is 3.05. The first-order chi connectivity index (χ1) is 12.6. The van der Waals surface area contributed by atoms with Crippen LogP contribution in [-0.4, -0.2) is 47.6 Å². The van der Waals surface area contributed by atoms with Crippen LogP contribution in [0, 0.1) is 6.92 Å². The molecule has 1 heterocycles. The first-order valence-electron chi connectivity index (χ1n) is 8.90. The van der Waals surface area contributed by atoms with E-state index in [4.69, 9.17) is 5.11 Å². The average molecular weight is 352 g/mol. The van der Waals surface area contributed by atoms with Crippen LogP contribution in [0.5, 0.6) is 0 Å². The monoisotopic (exact) mass is 352 g/mol. The first-order valence-corrected chi connectivity index (χ1v) is 8.90. The second-order valence-corrected chi connectivity index (χ2v) is 6.63. The van der Waals surface area contributed by atoms with Crippen molar-refractivity contribution in [1.29, 1.82) is 0 Å². The lowest BCUT2D eigenvalue weighted by Gasteiger charge is -2.41. The van der Waals surface area contributed by atoms with E-state index >= 15 is 0 Å². The van der Waals surface area contributed by atoms with Crippen molar-refractivity contribution in [2.24, 2.45) is 0 Å². The maximum atomic E-state index is 12.7. The number of amides is 2. The van der Waals surface area contributed by atoms with Gasteiger partial charge in [0.1, 0.15) is 6.54 Å². The fourth-order valence-electron chi connectivity index (χ4n) is 3.46. The molecule has 1 aliphatic rings. The van der Waals surface area contributed by atoms with E-state index in [1.807, 2.05) is 61.5 Å². The van der Waals surface area contributed by atoms with Crippen LogP contribution in [0.1, 0.15) is 17.5 Å². The number of para-hydroxylation sites is 1. The van der Waals surface area contributed by atoms with Gasteiger partial charge in [-0.1, -0.05) is 48.5 Å². The van der Waals surface area contributed by atoms with Crippen molar-refractivity contribution in [3.05, 3.63) is 65.7 Å². The molecular weight excluding hydrogens is 328 g/mol. The molecule has 26 heavy (non-hydrogen) atoms. The average Bonchev–Trinajstić information content (AvgIpc) is 2.64. The number of rotatable bonds is 5. The van der Waals surface area contributed by atoms with Crippen LogP contribution < -0.4 is 4.90 Å². The minimum Gasteiger partial charge on any atom is -0.396 e. The van der Waals surface area contributed by atoms with Crippen molar-refractivity contribution < 1.29 is 14.7 Å². The molecule has 1 aliphatic heterocycles. The Morgan fingerprint density at radius 3 is 2.50 bits per heavy atom. The molecule has 5 nitrogen and oxygen atoms in total. The molecule has 0 aromatic heterocycles. The quantitative estimate of drug-likeness (QED) is 0.897. The van der Waals surface area contributed by atoms with Crippen LogP contribution in [0.15, 0.2) is 54.6 Å². The van der Waals surface area contributed by atoms with Gasteiger partial charge >= 0.3 is 0 Å². The zero-order valence-electron chi connectivity index (χ0n) is 15.0. The van der Waals surface area contributed by atoms with E-state index in [0.717, 1.165) is 16.8 Å². The number of hydrogen-bond acceptors (Lipinski definition) is 3. The molecule has 3 rings (SSSR count). The third kappa shape index (κ3) is 3.94. The number of carbonyl (C=O) groups is 2. The number of aliphatic hydroxyl groups excluding tert-OH is 1. The highest BCUT2D eigenvalue weighted by Gasteiger charge is 2.35. The summed E-state index contributed by atoms with van der Waals surface area (Å²) in [7, 11) is 0. The van der Waals surface area contributed by atoms with E-state index in [-0.39, 0.29) is 37.4 Å². The van der Waals surface area contributed by atoms with Gasteiger partial charge in [-0.25, -0.2) is 0 Å². The van der Waals surface area contributed by atoms with Gasteiger partial charge in [0.2, 0.25) is 11.8 Å². The molecule has 0 spiro atoms. The third-order valence-electron chi connectivity index (χ3n) is 4.81. The number of anilines is 1. The van der Waals surface area contributed by atoms with Gasteiger partial charge in [0, 0.05) is 18.7 Å². The third-order valence-corrected chi connectivity index (χ3v) is 4.81. The summed E-state index contributed by atoms with van der Waals surface area (Å²) in [6.07, 6.45) is 0.719. The van der Waals surface area contributed by atoms with Gasteiger partial charge < -0.3 is 14.9 Å². The Balaban J connectivity index is 1.88. The summed E-state index contributed by atoms with van der Waals surface area (Å²) < 4.78 is 0. The Morgan fingerprint density at radius 2 is 1.81 bits per heavy atom. The number of aliphatic hydroxyl groups is 1. The maximum absolute atomic E-state index is 12.7. The Labute approximate surface area is 153 Å². The van der Waals surface area contributed by atoms with Crippen LogP contribution in [0.3, 0.4) is 0 Å². The van der Waals surface area contributed by atoms with Crippen LogP contribution in [0.2, 0.25) is 0 Å². The van der Waals surface area contributed by atoms with E-state index in [1.54, 1.807) is 9.80 Å². The second-order valence-electron chi connectivity index (χ2n) is 6.63. The normalized spacial score (nSPS) is 17.5. The molecule has 0 saturated carbocycles. The minimum atomic E-state index is -0.205. The molecule has 1 atom stereocenters. The lowest BCUT2D eigenvalue weighted by atomic mass is 10.00. The highest BCUT2D eigenvalue weighted by molar-refractivity contribution is 5.98. The SMILES string of the molecule is Cc1ccccc1N1CC(Cc2ccccc2)N(C(=O)CCO)CC1=O. The minimum absolute atomic E-state index is 0.0446. The van der Waals surface area contributed by atoms with Crippen molar-refractivity contribution in [3.8, 4) is 0 Å². The van der Waals surface area contributed by atoms with E-state index in [0.29, 0.717) is 13.0 Å². The Bertz CT molecular complexity index is 776. The summed E-state index contributed by atoms with van der Waals surface area (Å²) >= 11 is 0. The number of nitrogens with zero attached hydrogens (tertiary/aromatic N) is 2. The number of benzene rings is 2. The van der Waals surface area contributed by atoms with Gasteiger partial charge in [-0.3, -0.25) is 9.59 Å². The second kappa shape index (κ2) is 8.15. The lowest BCUT2D eigenvalue weighted by molar-refractivity contribution is -0.140. The van der Waals surface area contributed by atoms with Crippen molar-refractivity contribution in [2.45, 2.75) is 25.8 Å².